The standard InChI is InChI=1S/C37H25NS/c1-2-9-27(10-3-1)28-11-8-12-29(24-28)38-34-15-6-4-13-30(34)33-22-25(18-20-35(33)38)21-26-17-19-32-31-14-5-7-16-36(31)39-37(32)23-26/h1-20,22-24H,21H2. The van der Waals surface area contributed by atoms with Crippen molar-refractivity contribution in [2.75, 3.05) is 0 Å². The maximum Gasteiger partial charge on any atom is 0.0541 e. The van der Waals surface area contributed by atoms with Crippen molar-refractivity contribution in [3.63, 3.8) is 0 Å². The molecule has 184 valence electrons. The Hall–Kier alpha value is -4.66. The molecule has 0 aliphatic carbocycles. The van der Waals surface area contributed by atoms with Gasteiger partial charge in [-0.25, -0.2) is 0 Å². The lowest BCUT2D eigenvalue weighted by molar-refractivity contribution is 1.17. The van der Waals surface area contributed by atoms with Gasteiger partial charge >= 0.3 is 0 Å². The van der Waals surface area contributed by atoms with Gasteiger partial charge in [0.05, 0.1) is 11.0 Å². The summed E-state index contributed by atoms with van der Waals surface area (Å²) in [6, 6.07) is 50.9. The van der Waals surface area contributed by atoms with Gasteiger partial charge in [0.15, 0.2) is 0 Å². The molecule has 0 aliphatic rings. The van der Waals surface area contributed by atoms with Gasteiger partial charge in [-0.15, -0.1) is 11.3 Å². The van der Waals surface area contributed by atoms with E-state index in [4.69, 9.17) is 0 Å². The molecular weight excluding hydrogens is 490 g/mol. The van der Waals surface area contributed by atoms with Crippen molar-refractivity contribution in [3.05, 3.63) is 151 Å². The van der Waals surface area contributed by atoms with E-state index in [-0.39, 0.29) is 0 Å². The predicted molar refractivity (Wildman–Crippen MR) is 168 cm³/mol. The molecule has 0 bridgehead atoms. The molecular formula is C37H25NS. The zero-order valence-electron chi connectivity index (χ0n) is 21.3. The van der Waals surface area contributed by atoms with Crippen molar-refractivity contribution in [2.45, 2.75) is 6.42 Å². The molecule has 0 radical (unpaired) electrons. The molecule has 39 heavy (non-hydrogen) atoms. The molecule has 6 aromatic carbocycles. The summed E-state index contributed by atoms with van der Waals surface area (Å²) in [7, 11) is 0. The van der Waals surface area contributed by atoms with Crippen LogP contribution in [0.4, 0.5) is 0 Å². The van der Waals surface area contributed by atoms with E-state index in [2.05, 4.69) is 144 Å². The first-order valence-electron chi connectivity index (χ1n) is 13.4. The van der Waals surface area contributed by atoms with Crippen LogP contribution in [0.1, 0.15) is 11.1 Å². The van der Waals surface area contributed by atoms with Crippen molar-refractivity contribution >= 4 is 53.3 Å². The first-order valence-corrected chi connectivity index (χ1v) is 14.2. The van der Waals surface area contributed by atoms with Gasteiger partial charge in [0.1, 0.15) is 0 Å². The third-order valence-corrected chi connectivity index (χ3v) is 8.93. The average molecular weight is 516 g/mol. The summed E-state index contributed by atoms with van der Waals surface area (Å²) in [6.07, 6.45) is 0.920. The van der Waals surface area contributed by atoms with E-state index < -0.39 is 0 Å². The molecule has 0 unspecified atom stereocenters. The van der Waals surface area contributed by atoms with Crippen LogP contribution in [0.3, 0.4) is 0 Å². The Kier molecular flexibility index (Phi) is 5.14. The van der Waals surface area contributed by atoms with Crippen LogP contribution in [-0.2, 0) is 6.42 Å². The molecule has 2 heteroatoms. The predicted octanol–water partition coefficient (Wildman–Crippen LogP) is 10.4. The van der Waals surface area contributed by atoms with Crippen LogP contribution in [0.2, 0.25) is 0 Å². The Bertz CT molecular complexity index is 2150. The van der Waals surface area contributed by atoms with Crippen LogP contribution in [0, 0.1) is 0 Å². The SMILES string of the molecule is c1ccc(-c2cccc(-n3c4ccccc4c4cc(Cc5ccc6c(c5)sc5ccccc56)ccc43)c2)cc1. The first kappa shape index (κ1) is 22.3. The monoisotopic (exact) mass is 515 g/mol. The zero-order valence-corrected chi connectivity index (χ0v) is 22.2. The van der Waals surface area contributed by atoms with E-state index in [9.17, 15) is 0 Å². The number of nitrogens with zero attached hydrogens (tertiary/aromatic N) is 1. The number of hydrogen-bond donors (Lipinski definition) is 0. The normalized spacial score (nSPS) is 11.7. The summed E-state index contributed by atoms with van der Waals surface area (Å²) < 4.78 is 5.13. The molecule has 0 saturated carbocycles. The van der Waals surface area contributed by atoms with Crippen molar-refractivity contribution < 1.29 is 0 Å². The molecule has 2 heterocycles. The molecule has 0 amide bonds. The molecule has 1 nitrogen and oxygen atoms in total. The summed E-state index contributed by atoms with van der Waals surface area (Å²) >= 11 is 1.89. The lowest BCUT2D eigenvalue weighted by atomic mass is 10.0. The Labute approximate surface area is 231 Å². The van der Waals surface area contributed by atoms with Gasteiger partial charge in [-0.1, -0.05) is 97.1 Å². The van der Waals surface area contributed by atoms with Crippen molar-refractivity contribution in [1.82, 2.24) is 4.57 Å². The number of benzene rings is 6. The summed E-state index contributed by atoms with van der Waals surface area (Å²) in [5.41, 5.74) is 8.82. The number of fused-ring (bicyclic) bond motifs is 6. The minimum atomic E-state index is 0.920. The van der Waals surface area contributed by atoms with Crippen LogP contribution in [-0.4, -0.2) is 4.57 Å². The van der Waals surface area contributed by atoms with Gasteiger partial charge in [0.25, 0.3) is 0 Å². The smallest absolute Gasteiger partial charge is 0.0541 e. The summed E-state index contributed by atoms with van der Waals surface area (Å²) in [5, 5.41) is 5.31. The van der Waals surface area contributed by atoms with Gasteiger partial charge in [0.2, 0.25) is 0 Å². The van der Waals surface area contributed by atoms with E-state index in [0.717, 1.165) is 6.42 Å². The van der Waals surface area contributed by atoms with Crippen molar-refractivity contribution in [3.8, 4) is 16.8 Å². The maximum atomic E-state index is 2.41. The van der Waals surface area contributed by atoms with E-state index in [0.29, 0.717) is 0 Å². The minimum Gasteiger partial charge on any atom is -0.309 e. The Balaban J connectivity index is 1.23. The van der Waals surface area contributed by atoms with Gasteiger partial charge in [-0.3, -0.25) is 0 Å². The number of hydrogen-bond acceptors (Lipinski definition) is 1. The van der Waals surface area contributed by atoms with Crippen molar-refractivity contribution in [1.29, 1.82) is 0 Å². The quantitative estimate of drug-likeness (QED) is 0.220. The summed E-state index contributed by atoms with van der Waals surface area (Å²) in [4.78, 5) is 0. The highest BCUT2D eigenvalue weighted by Gasteiger charge is 2.14. The summed E-state index contributed by atoms with van der Waals surface area (Å²) in [6.45, 7) is 0. The molecule has 0 aliphatic heterocycles. The van der Waals surface area contributed by atoms with Crippen LogP contribution >= 0.6 is 11.3 Å². The van der Waals surface area contributed by atoms with Crippen LogP contribution in [0.15, 0.2) is 140 Å². The fourth-order valence-corrected chi connectivity index (χ4v) is 7.15. The van der Waals surface area contributed by atoms with E-state index in [1.54, 1.807) is 0 Å². The third-order valence-electron chi connectivity index (χ3n) is 7.80. The molecule has 8 aromatic rings. The zero-order chi connectivity index (χ0) is 25.8. The molecule has 8 rings (SSSR count). The van der Waals surface area contributed by atoms with Gasteiger partial charge in [0, 0.05) is 36.6 Å². The summed E-state index contributed by atoms with van der Waals surface area (Å²) in [5.74, 6) is 0. The van der Waals surface area contributed by atoms with Crippen LogP contribution in [0.5, 0.6) is 0 Å². The number of thiophene rings is 1. The minimum absolute atomic E-state index is 0.920. The molecule has 0 atom stereocenters. The average Bonchev–Trinajstić information content (AvgIpc) is 3.53. The number of aromatic nitrogens is 1. The fourth-order valence-electron chi connectivity index (χ4n) is 5.98. The fraction of sp³-hybridized carbons (Fsp3) is 0.0270. The molecule has 2 aromatic heterocycles. The van der Waals surface area contributed by atoms with E-state index in [1.807, 2.05) is 11.3 Å². The highest BCUT2D eigenvalue weighted by atomic mass is 32.1. The largest absolute Gasteiger partial charge is 0.309 e. The van der Waals surface area contributed by atoms with Gasteiger partial charge < -0.3 is 4.57 Å². The lowest BCUT2D eigenvalue weighted by Gasteiger charge is -2.11. The topological polar surface area (TPSA) is 4.93 Å². The third kappa shape index (κ3) is 3.76. The van der Waals surface area contributed by atoms with Gasteiger partial charge in [-0.2, -0.15) is 0 Å². The first-order chi connectivity index (χ1) is 19.3. The number of para-hydroxylation sites is 1. The maximum absolute atomic E-state index is 2.41. The lowest BCUT2D eigenvalue weighted by Crippen LogP contribution is -1.94. The second-order valence-corrected chi connectivity index (χ2v) is 11.3. The van der Waals surface area contributed by atoms with Gasteiger partial charge in [-0.05, 0) is 71.1 Å². The van der Waals surface area contributed by atoms with Crippen LogP contribution in [0.25, 0.3) is 58.8 Å². The highest BCUT2D eigenvalue weighted by molar-refractivity contribution is 7.25. The van der Waals surface area contributed by atoms with Crippen molar-refractivity contribution in [2.24, 2.45) is 0 Å². The second kappa shape index (κ2) is 8.97. The Morgan fingerprint density at radius 3 is 2.05 bits per heavy atom. The molecule has 0 saturated heterocycles. The molecule has 0 fully saturated rings. The Morgan fingerprint density at radius 2 is 1.13 bits per heavy atom. The highest BCUT2D eigenvalue weighted by Crippen LogP contribution is 2.36. The van der Waals surface area contributed by atoms with E-state index in [1.165, 1.54) is 69.9 Å². The second-order valence-electron chi connectivity index (χ2n) is 10.2. The van der Waals surface area contributed by atoms with E-state index >= 15 is 0 Å². The molecule has 0 N–H and O–H groups in total. The molecule has 0 spiro atoms. The van der Waals surface area contributed by atoms with Crippen LogP contribution < -0.4 is 0 Å². The number of rotatable bonds is 4. The Morgan fingerprint density at radius 1 is 0.436 bits per heavy atom.